The second-order valence-electron chi connectivity index (χ2n) is 10.9. The summed E-state index contributed by atoms with van der Waals surface area (Å²) in [5.41, 5.74) is -0.959. The van der Waals surface area contributed by atoms with Crippen LogP contribution in [0.15, 0.2) is 0 Å². The van der Waals surface area contributed by atoms with Gasteiger partial charge in [0, 0.05) is 45.2 Å². The van der Waals surface area contributed by atoms with Crippen LogP contribution >= 0.6 is 278 Å². The fourth-order valence-corrected chi connectivity index (χ4v) is 12.4. The van der Waals surface area contributed by atoms with Crippen LogP contribution < -0.4 is 0 Å². The van der Waals surface area contributed by atoms with Gasteiger partial charge in [0.2, 0.25) is 0 Å². The van der Waals surface area contributed by atoms with Crippen LogP contribution in [-0.2, 0) is 0 Å². The normalized spacial score (nSPS) is 11.9. The summed E-state index contributed by atoms with van der Waals surface area (Å²) >= 11 is 162. The molecular weight excluding hydrogens is 1240 g/mol. The van der Waals surface area contributed by atoms with Crippen molar-refractivity contribution in [3.05, 3.63) is 154 Å². The predicted molar refractivity (Wildman–Crippen MR) is 254 cm³/mol. The number of halogens is 24. The Kier molecular flexibility index (Phi) is 17.2. The van der Waals surface area contributed by atoms with Gasteiger partial charge in [-0.15, -0.1) is 0 Å². The van der Waals surface area contributed by atoms with Crippen LogP contribution in [0.2, 0.25) is 121 Å². The van der Waals surface area contributed by atoms with Gasteiger partial charge in [0.05, 0.1) is 121 Å². The molecule has 0 N–H and O–H groups in total. The smallest absolute Gasteiger partial charge is 0.0809 e. The summed E-state index contributed by atoms with van der Waals surface area (Å²) in [6.45, 7) is 0. The fourth-order valence-electron chi connectivity index (χ4n) is 5.54. The fraction of sp³-hybridized carbons (Fsp3) is 0.0625. The van der Waals surface area contributed by atoms with Gasteiger partial charge >= 0.3 is 0 Å². The number of benzene rings is 5. The molecule has 0 heterocycles. The van der Waals surface area contributed by atoms with Gasteiger partial charge < -0.3 is 0 Å². The van der Waals surface area contributed by atoms with E-state index in [0.717, 1.165) is 0 Å². The third-order valence-corrected chi connectivity index (χ3v) is 19.0. The molecule has 0 fully saturated rings. The van der Waals surface area contributed by atoms with Crippen LogP contribution in [0, 0.1) is 0 Å². The lowest BCUT2D eigenvalue weighted by Gasteiger charge is -2.32. The van der Waals surface area contributed by atoms with Gasteiger partial charge in [0.25, 0.3) is 0 Å². The van der Waals surface area contributed by atoms with Crippen molar-refractivity contribution in [2.24, 2.45) is 0 Å². The molecule has 0 atom stereocenters. The van der Waals surface area contributed by atoms with Crippen molar-refractivity contribution in [3.8, 4) is 0 Å². The molecule has 0 radical (unpaired) electrons. The highest BCUT2D eigenvalue weighted by atomic mass is 35.5. The molecule has 0 saturated heterocycles. The molecule has 5 rings (SSSR count). The molecule has 56 heavy (non-hydrogen) atoms. The van der Waals surface area contributed by atoms with E-state index in [2.05, 4.69) is 0 Å². The van der Waals surface area contributed by atoms with Crippen LogP contribution in [0.4, 0.5) is 0 Å². The second-order valence-corrected chi connectivity index (χ2v) is 20.0. The van der Waals surface area contributed by atoms with Gasteiger partial charge in [-0.3, -0.25) is 0 Å². The minimum Gasteiger partial charge on any atom is -0.0836 e. The van der Waals surface area contributed by atoms with E-state index < -0.39 is 11.8 Å². The number of hydrogen-bond acceptors (Lipinski definition) is 0. The molecule has 0 saturated carbocycles. The van der Waals surface area contributed by atoms with Crippen molar-refractivity contribution in [1.82, 2.24) is 0 Å². The van der Waals surface area contributed by atoms with E-state index in [4.69, 9.17) is 278 Å². The summed E-state index contributed by atoms with van der Waals surface area (Å²) in [7, 11) is 0. The first kappa shape index (κ1) is 50.1. The molecule has 0 nitrogen and oxygen atoms in total. The molecule has 5 aromatic carbocycles. The molecule has 0 spiro atoms. The van der Waals surface area contributed by atoms with Gasteiger partial charge in [-0.1, -0.05) is 278 Å². The maximum Gasteiger partial charge on any atom is 0.0809 e. The summed E-state index contributed by atoms with van der Waals surface area (Å²) < 4.78 is 0. The largest absolute Gasteiger partial charge is 0.0836 e. The first-order valence-corrected chi connectivity index (χ1v) is 22.8. The average Bonchev–Trinajstić information content (AvgIpc) is 3.16. The third kappa shape index (κ3) is 8.29. The van der Waals surface area contributed by atoms with E-state index in [1.165, 1.54) is 0 Å². The van der Waals surface area contributed by atoms with E-state index in [0.29, 0.717) is 0 Å². The molecule has 0 bridgehead atoms. The van der Waals surface area contributed by atoms with Crippen LogP contribution in [0.25, 0.3) is 0 Å². The van der Waals surface area contributed by atoms with E-state index in [9.17, 15) is 0 Å². The predicted octanol–water partition coefficient (Wildman–Crippen LogP) is 23.7. The summed E-state index contributed by atoms with van der Waals surface area (Å²) in [4.78, 5) is 0. The lowest BCUT2D eigenvalue weighted by atomic mass is 9.79. The Balaban J connectivity index is 2.15. The lowest BCUT2D eigenvalue weighted by molar-refractivity contribution is 0.941. The molecule has 0 unspecified atom stereocenters. The highest BCUT2D eigenvalue weighted by Gasteiger charge is 2.41. The standard InChI is InChI=1S/C32H2Cl24/c33-9-3(1(5-12(36)21(45)29(53)22(46)13(5)37)6-14(38)23(47)30(54)24(48)15(6)39)10(34)20(44)11(35)4(9)2(7-16(40)25(49)31(55)26(50)17(7)41)8-18(42)27(51)32(56)28(52)19(8)43/h1-2H. The average molecular weight is 1240 g/mol. The van der Waals surface area contributed by atoms with Crippen molar-refractivity contribution in [1.29, 1.82) is 0 Å². The Bertz CT molecular complexity index is 2120. The molecule has 0 amide bonds. The summed E-state index contributed by atoms with van der Waals surface area (Å²) in [5.74, 6) is -3.15. The minimum atomic E-state index is -1.57. The second kappa shape index (κ2) is 19.3. The van der Waals surface area contributed by atoms with Crippen molar-refractivity contribution in [3.63, 3.8) is 0 Å². The van der Waals surface area contributed by atoms with Crippen LogP contribution in [-0.4, -0.2) is 0 Å². The molecule has 5 aromatic rings. The first-order valence-electron chi connectivity index (χ1n) is 13.8. The van der Waals surface area contributed by atoms with Gasteiger partial charge in [0.15, 0.2) is 0 Å². The van der Waals surface area contributed by atoms with Gasteiger partial charge in [-0.05, 0) is 0 Å². The monoisotopic (exact) mass is 1230 g/mol. The van der Waals surface area contributed by atoms with Crippen LogP contribution in [0.5, 0.6) is 0 Å². The molecule has 298 valence electrons. The van der Waals surface area contributed by atoms with Crippen molar-refractivity contribution < 1.29 is 0 Å². The summed E-state index contributed by atoms with van der Waals surface area (Å²) in [6.07, 6.45) is 0. The zero-order chi connectivity index (χ0) is 42.5. The maximum atomic E-state index is 7.50. The number of rotatable bonds is 6. The van der Waals surface area contributed by atoms with Crippen molar-refractivity contribution in [2.75, 3.05) is 0 Å². The molecule has 0 aliphatic carbocycles. The van der Waals surface area contributed by atoms with Crippen molar-refractivity contribution >= 4 is 278 Å². The quantitative estimate of drug-likeness (QED) is 0.0903. The Hall–Kier alpha value is 3.06. The zero-order valence-corrected chi connectivity index (χ0v) is 43.4. The van der Waals surface area contributed by atoms with E-state index in [1.54, 1.807) is 0 Å². The van der Waals surface area contributed by atoms with Crippen molar-refractivity contribution in [2.45, 2.75) is 11.8 Å². The molecular formula is C32H2Cl24. The summed E-state index contributed by atoms with van der Waals surface area (Å²) in [6, 6.07) is 0. The lowest BCUT2D eigenvalue weighted by Crippen LogP contribution is -2.15. The Morgan fingerprint density at radius 2 is 0.214 bits per heavy atom. The molecule has 0 aliphatic rings. The highest BCUT2D eigenvalue weighted by molar-refractivity contribution is 6.59. The van der Waals surface area contributed by atoms with Gasteiger partial charge in [0.1, 0.15) is 0 Å². The molecule has 0 aromatic heterocycles. The first-order chi connectivity index (χ1) is 25.9. The van der Waals surface area contributed by atoms with Crippen LogP contribution in [0.3, 0.4) is 0 Å². The number of hydrogen-bond donors (Lipinski definition) is 0. The molecule has 0 aliphatic heterocycles. The molecule has 24 heteroatoms. The summed E-state index contributed by atoms with van der Waals surface area (Å²) in [5, 5.41) is -6.70. The van der Waals surface area contributed by atoms with Gasteiger partial charge in [-0.25, -0.2) is 0 Å². The highest BCUT2D eigenvalue weighted by Crippen LogP contribution is 2.62. The maximum absolute atomic E-state index is 7.50. The third-order valence-electron chi connectivity index (χ3n) is 8.04. The topological polar surface area (TPSA) is 0 Å². The minimum absolute atomic E-state index is 0.141. The Morgan fingerprint density at radius 3 is 0.357 bits per heavy atom. The SMILES string of the molecule is Clc1c(Cl)c(Cl)c(C(c2c(Cl)c(Cl)c(Cl)c(Cl)c2Cl)c2c(Cl)c(Cl)c(Cl)c(C(c3c(Cl)c(Cl)c(Cl)c(Cl)c3Cl)c3c(Cl)c(Cl)c(Cl)c(Cl)c3Cl)c2Cl)c(Cl)c1Cl. The van der Waals surface area contributed by atoms with E-state index >= 15 is 0 Å². The zero-order valence-electron chi connectivity index (χ0n) is 25.2. The van der Waals surface area contributed by atoms with E-state index in [1.807, 2.05) is 0 Å². The van der Waals surface area contributed by atoms with Crippen LogP contribution in [0.1, 0.15) is 45.2 Å². The Morgan fingerprint density at radius 1 is 0.125 bits per heavy atom. The van der Waals surface area contributed by atoms with E-state index in [-0.39, 0.29) is 154 Å². The van der Waals surface area contributed by atoms with Gasteiger partial charge in [-0.2, -0.15) is 0 Å². The Labute approximate surface area is 438 Å².